The van der Waals surface area contributed by atoms with Crippen LogP contribution in [-0.4, -0.2) is 13.1 Å². The zero-order chi connectivity index (χ0) is 12.3. The predicted molar refractivity (Wildman–Crippen MR) is 74.4 cm³/mol. The SMILES string of the molecule is CCCNCC1(c2ccc(C)cc2)CC(C)C1. The molecule has 0 saturated heterocycles. The minimum absolute atomic E-state index is 0.419. The van der Waals surface area contributed by atoms with Gasteiger partial charge in [-0.2, -0.15) is 0 Å². The second-order valence-corrected chi connectivity index (χ2v) is 5.84. The van der Waals surface area contributed by atoms with Crippen molar-refractivity contribution in [1.29, 1.82) is 0 Å². The summed E-state index contributed by atoms with van der Waals surface area (Å²) in [5.74, 6) is 0.889. The molecule has 1 nitrogen and oxygen atoms in total. The molecule has 1 N–H and O–H groups in total. The van der Waals surface area contributed by atoms with Gasteiger partial charge in [-0.1, -0.05) is 43.7 Å². The quantitative estimate of drug-likeness (QED) is 0.763. The summed E-state index contributed by atoms with van der Waals surface area (Å²) in [6.45, 7) is 9.05. The van der Waals surface area contributed by atoms with Gasteiger partial charge in [0.05, 0.1) is 0 Å². The summed E-state index contributed by atoms with van der Waals surface area (Å²) in [5, 5.41) is 3.61. The molecule has 0 bridgehead atoms. The van der Waals surface area contributed by atoms with E-state index in [0.717, 1.165) is 19.0 Å². The molecule has 17 heavy (non-hydrogen) atoms. The average Bonchev–Trinajstić information content (AvgIpc) is 2.27. The van der Waals surface area contributed by atoms with E-state index in [9.17, 15) is 0 Å². The van der Waals surface area contributed by atoms with E-state index in [2.05, 4.69) is 50.4 Å². The van der Waals surface area contributed by atoms with Gasteiger partial charge in [0.1, 0.15) is 0 Å². The molecular formula is C16H25N. The topological polar surface area (TPSA) is 12.0 Å². The number of rotatable bonds is 5. The summed E-state index contributed by atoms with van der Waals surface area (Å²) in [6.07, 6.45) is 3.90. The fourth-order valence-corrected chi connectivity index (χ4v) is 3.17. The van der Waals surface area contributed by atoms with Crippen LogP contribution in [0.4, 0.5) is 0 Å². The zero-order valence-electron chi connectivity index (χ0n) is 11.4. The lowest BCUT2D eigenvalue weighted by atomic mass is 9.59. The van der Waals surface area contributed by atoms with Crippen molar-refractivity contribution in [2.24, 2.45) is 5.92 Å². The second-order valence-electron chi connectivity index (χ2n) is 5.84. The third-order valence-electron chi connectivity index (χ3n) is 4.03. The summed E-state index contributed by atoms with van der Waals surface area (Å²) in [6, 6.07) is 9.16. The molecule has 0 atom stereocenters. The number of hydrogen-bond acceptors (Lipinski definition) is 1. The van der Waals surface area contributed by atoms with Gasteiger partial charge in [-0.3, -0.25) is 0 Å². The first-order valence-electron chi connectivity index (χ1n) is 6.94. The van der Waals surface area contributed by atoms with Crippen molar-refractivity contribution in [3.63, 3.8) is 0 Å². The minimum atomic E-state index is 0.419. The highest BCUT2D eigenvalue weighted by molar-refractivity contribution is 5.32. The van der Waals surface area contributed by atoms with Crippen LogP contribution in [0.1, 0.15) is 44.2 Å². The third-order valence-corrected chi connectivity index (χ3v) is 4.03. The maximum absolute atomic E-state index is 3.61. The average molecular weight is 231 g/mol. The molecule has 2 rings (SSSR count). The molecule has 1 saturated carbocycles. The number of hydrogen-bond donors (Lipinski definition) is 1. The first kappa shape index (κ1) is 12.6. The third kappa shape index (κ3) is 2.71. The maximum Gasteiger partial charge on any atom is 0.00828 e. The minimum Gasteiger partial charge on any atom is -0.316 e. The van der Waals surface area contributed by atoms with E-state index in [4.69, 9.17) is 0 Å². The number of benzene rings is 1. The molecular weight excluding hydrogens is 206 g/mol. The number of nitrogens with one attached hydrogen (secondary N) is 1. The van der Waals surface area contributed by atoms with E-state index in [1.807, 2.05) is 0 Å². The Morgan fingerprint density at radius 2 is 1.88 bits per heavy atom. The van der Waals surface area contributed by atoms with Crippen LogP contribution in [0.5, 0.6) is 0 Å². The molecule has 1 aromatic carbocycles. The van der Waals surface area contributed by atoms with Crippen molar-refractivity contribution in [3.8, 4) is 0 Å². The lowest BCUT2D eigenvalue weighted by Gasteiger charge is -2.47. The van der Waals surface area contributed by atoms with E-state index < -0.39 is 0 Å². The van der Waals surface area contributed by atoms with Crippen LogP contribution < -0.4 is 5.32 Å². The molecule has 0 aliphatic heterocycles. The van der Waals surface area contributed by atoms with E-state index in [-0.39, 0.29) is 0 Å². The van der Waals surface area contributed by atoms with Crippen molar-refractivity contribution in [2.75, 3.05) is 13.1 Å². The fourth-order valence-electron chi connectivity index (χ4n) is 3.17. The van der Waals surface area contributed by atoms with Gasteiger partial charge in [0.2, 0.25) is 0 Å². The molecule has 1 heteroatoms. The van der Waals surface area contributed by atoms with E-state index in [1.165, 1.54) is 30.4 Å². The largest absolute Gasteiger partial charge is 0.316 e. The van der Waals surface area contributed by atoms with Crippen LogP contribution in [0.25, 0.3) is 0 Å². The fraction of sp³-hybridized carbons (Fsp3) is 0.625. The molecule has 1 aliphatic carbocycles. The highest BCUT2D eigenvalue weighted by Crippen LogP contribution is 2.47. The van der Waals surface area contributed by atoms with Gasteiger partial charge in [-0.05, 0) is 44.2 Å². The molecule has 1 aromatic rings. The Morgan fingerprint density at radius 1 is 1.24 bits per heavy atom. The molecule has 1 aliphatic rings. The molecule has 1 fully saturated rings. The summed E-state index contributed by atoms with van der Waals surface area (Å²) in [5.41, 5.74) is 3.31. The van der Waals surface area contributed by atoms with E-state index >= 15 is 0 Å². The van der Waals surface area contributed by atoms with Crippen molar-refractivity contribution in [2.45, 2.75) is 45.4 Å². The molecule has 0 radical (unpaired) electrons. The predicted octanol–water partition coefficient (Wildman–Crippen LogP) is 3.66. The van der Waals surface area contributed by atoms with Gasteiger partial charge in [0, 0.05) is 12.0 Å². The summed E-state index contributed by atoms with van der Waals surface area (Å²) in [4.78, 5) is 0. The Kier molecular flexibility index (Phi) is 3.88. The van der Waals surface area contributed by atoms with Crippen LogP contribution in [0, 0.1) is 12.8 Å². The second kappa shape index (κ2) is 5.22. The van der Waals surface area contributed by atoms with Crippen LogP contribution in [-0.2, 0) is 5.41 Å². The van der Waals surface area contributed by atoms with E-state index in [0.29, 0.717) is 5.41 Å². The Bertz CT molecular complexity index is 346. The van der Waals surface area contributed by atoms with Crippen LogP contribution in [0.3, 0.4) is 0 Å². The monoisotopic (exact) mass is 231 g/mol. The van der Waals surface area contributed by atoms with Gasteiger partial charge < -0.3 is 5.32 Å². The molecule has 0 spiro atoms. The van der Waals surface area contributed by atoms with Gasteiger partial charge in [-0.15, -0.1) is 0 Å². The lowest BCUT2D eigenvalue weighted by Crippen LogP contribution is -2.48. The van der Waals surface area contributed by atoms with Crippen molar-refractivity contribution in [3.05, 3.63) is 35.4 Å². The van der Waals surface area contributed by atoms with Crippen molar-refractivity contribution >= 4 is 0 Å². The standard InChI is InChI=1S/C16H25N/c1-4-9-17-12-16(10-14(3)11-16)15-7-5-13(2)6-8-15/h5-8,14,17H,4,9-12H2,1-3H3. The Labute approximate surface area is 106 Å². The molecule has 0 amide bonds. The van der Waals surface area contributed by atoms with Gasteiger partial charge in [-0.25, -0.2) is 0 Å². The summed E-state index contributed by atoms with van der Waals surface area (Å²) < 4.78 is 0. The first-order valence-corrected chi connectivity index (χ1v) is 6.94. The zero-order valence-corrected chi connectivity index (χ0v) is 11.4. The highest BCUT2D eigenvalue weighted by atomic mass is 14.9. The van der Waals surface area contributed by atoms with Crippen molar-refractivity contribution in [1.82, 2.24) is 5.32 Å². The summed E-state index contributed by atoms with van der Waals surface area (Å²) >= 11 is 0. The van der Waals surface area contributed by atoms with Gasteiger partial charge >= 0.3 is 0 Å². The molecule has 94 valence electrons. The smallest absolute Gasteiger partial charge is 0.00828 e. The Hall–Kier alpha value is -0.820. The Morgan fingerprint density at radius 3 is 2.41 bits per heavy atom. The van der Waals surface area contributed by atoms with Gasteiger partial charge in [0.25, 0.3) is 0 Å². The highest BCUT2D eigenvalue weighted by Gasteiger charge is 2.42. The first-order chi connectivity index (χ1) is 8.16. The summed E-state index contributed by atoms with van der Waals surface area (Å²) in [7, 11) is 0. The normalized spacial score (nSPS) is 27.8. The van der Waals surface area contributed by atoms with Crippen molar-refractivity contribution < 1.29 is 0 Å². The maximum atomic E-state index is 3.61. The molecule has 0 aromatic heterocycles. The molecule has 0 unspecified atom stereocenters. The van der Waals surface area contributed by atoms with E-state index in [1.54, 1.807) is 0 Å². The van der Waals surface area contributed by atoms with Crippen LogP contribution in [0.15, 0.2) is 24.3 Å². The van der Waals surface area contributed by atoms with Gasteiger partial charge in [0.15, 0.2) is 0 Å². The Balaban J connectivity index is 2.08. The van der Waals surface area contributed by atoms with Crippen LogP contribution in [0.2, 0.25) is 0 Å². The lowest BCUT2D eigenvalue weighted by molar-refractivity contribution is 0.153. The number of aryl methyl sites for hydroxylation is 1. The van der Waals surface area contributed by atoms with Crippen LogP contribution >= 0.6 is 0 Å². The molecule has 0 heterocycles.